The second-order valence-electron chi connectivity index (χ2n) is 10.7. The number of methoxy groups -OCH3 is 1. The van der Waals surface area contributed by atoms with Gasteiger partial charge in [0.05, 0.1) is 19.6 Å². The van der Waals surface area contributed by atoms with Crippen molar-refractivity contribution in [3.63, 3.8) is 0 Å². The Bertz CT molecular complexity index is 1110. The van der Waals surface area contributed by atoms with Gasteiger partial charge >= 0.3 is 17.9 Å². The lowest BCUT2D eigenvalue weighted by Gasteiger charge is -2.44. The summed E-state index contributed by atoms with van der Waals surface area (Å²) in [6.45, 7) is 10.6. The number of hydrogen-bond donors (Lipinski definition) is 0. The van der Waals surface area contributed by atoms with Crippen LogP contribution in [0.4, 0.5) is 0 Å². The molecule has 1 fully saturated rings. The van der Waals surface area contributed by atoms with E-state index in [1.165, 1.54) is 21.0 Å². The highest BCUT2D eigenvalue weighted by Gasteiger charge is 2.59. The van der Waals surface area contributed by atoms with Crippen LogP contribution < -0.4 is 10.4 Å². The molecule has 1 heterocycles. The van der Waals surface area contributed by atoms with Crippen molar-refractivity contribution < 1.29 is 42.5 Å². The number of ether oxygens (including phenoxy) is 5. The summed E-state index contributed by atoms with van der Waals surface area (Å²) >= 11 is 0. The van der Waals surface area contributed by atoms with E-state index in [4.69, 9.17) is 28.1 Å². The average Bonchev–Trinajstić information content (AvgIpc) is 3.28. The maximum atomic E-state index is 12.9. The minimum Gasteiger partial charge on any atom is -0.462 e. The van der Waals surface area contributed by atoms with Crippen molar-refractivity contribution in [1.29, 1.82) is 0 Å². The van der Waals surface area contributed by atoms with Gasteiger partial charge in [0, 0.05) is 21.0 Å². The Morgan fingerprint density at radius 3 is 1.95 bits per heavy atom. The summed E-state index contributed by atoms with van der Waals surface area (Å²) in [5.41, 5.74) is 0. The first-order valence-electron chi connectivity index (χ1n) is 13.4. The zero-order chi connectivity index (χ0) is 29.6. The molecule has 218 valence electrons. The van der Waals surface area contributed by atoms with Crippen LogP contribution >= 0.6 is 0 Å². The second kappa shape index (κ2) is 13.1. The first kappa shape index (κ1) is 31.5. The molecule has 0 N–H and O–H groups in total. The Kier molecular flexibility index (Phi) is 10.3. The van der Waals surface area contributed by atoms with E-state index in [2.05, 4.69) is 45.0 Å². The van der Waals surface area contributed by atoms with Gasteiger partial charge < -0.3 is 28.1 Å². The van der Waals surface area contributed by atoms with Crippen LogP contribution in [0.1, 0.15) is 48.0 Å². The van der Waals surface area contributed by atoms with Crippen LogP contribution in [0.25, 0.3) is 0 Å². The number of esters is 3. The van der Waals surface area contributed by atoms with Crippen molar-refractivity contribution >= 4 is 36.6 Å². The van der Waals surface area contributed by atoms with Gasteiger partial charge in [-0.3, -0.25) is 9.59 Å². The molecule has 0 aromatic heterocycles. The molecule has 4 atom stereocenters. The number of carbonyl (C=O) groups excluding carboxylic acids is 3. The zero-order valence-corrected chi connectivity index (χ0v) is 25.3. The van der Waals surface area contributed by atoms with Gasteiger partial charge in [0.2, 0.25) is 0 Å². The molecule has 0 aliphatic carbocycles. The molecule has 0 radical (unpaired) electrons. The van der Waals surface area contributed by atoms with Crippen LogP contribution in [0.3, 0.4) is 0 Å². The summed E-state index contributed by atoms with van der Waals surface area (Å²) in [4.78, 5) is 37.2. The zero-order valence-electron chi connectivity index (χ0n) is 24.3. The molecule has 0 amide bonds. The Balaban J connectivity index is 2.08. The molecule has 0 saturated carbocycles. The molecule has 0 bridgehead atoms. The quantitative estimate of drug-likeness (QED) is 0.228. The summed E-state index contributed by atoms with van der Waals surface area (Å²) in [7, 11) is -1.71. The Morgan fingerprint density at radius 1 is 0.975 bits per heavy atom. The van der Waals surface area contributed by atoms with E-state index < -0.39 is 50.3 Å². The lowest BCUT2D eigenvalue weighted by molar-refractivity contribution is -0.242. The lowest BCUT2D eigenvalue weighted by atomic mass is 10.0. The van der Waals surface area contributed by atoms with Crippen molar-refractivity contribution in [1.82, 2.24) is 0 Å². The van der Waals surface area contributed by atoms with Crippen LogP contribution in [-0.4, -0.2) is 70.6 Å². The number of benzene rings is 2. The predicted octanol–water partition coefficient (Wildman–Crippen LogP) is 3.12. The minimum absolute atomic E-state index is 0.0854. The summed E-state index contributed by atoms with van der Waals surface area (Å²) in [5, 5.41) is 1.73. The SMILES string of the molecule is CCOC(=O)[C@@]1(OC)C[C@@H](OC(C)=O)[C@@H](C(CO[Si](c2ccccc2)(c2ccccc2)C(C)(C)C)OC(C)=O)O1. The molecule has 10 heteroatoms. The molecule has 2 aromatic rings. The van der Waals surface area contributed by atoms with Crippen molar-refractivity contribution in [2.45, 2.75) is 77.1 Å². The number of carbonyl (C=O) groups is 3. The molecule has 40 heavy (non-hydrogen) atoms. The molecule has 1 unspecified atom stereocenters. The van der Waals surface area contributed by atoms with Crippen molar-refractivity contribution in [2.24, 2.45) is 0 Å². The summed E-state index contributed by atoms with van der Waals surface area (Å²) in [5.74, 6) is -3.75. The van der Waals surface area contributed by atoms with Crippen LogP contribution in [0, 0.1) is 0 Å². The highest BCUT2D eigenvalue weighted by Crippen LogP contribution is 2.40. The molecule has 2 aromatic carbocycles. The number of hydrogen-bond acceptors (Lipinski definition) is 9. The van der Waals surface area contributed by atoms with Crippen molar-refractivity contribution in [3.8, 4) is 0 Å². The highest BCUT2D eigenvalue weighted by atomic mass is 28.4. The van der Waals surface area contributed by atoms with Gasteiger partial charge in [-0.25, -0.2) is 4.79 Å². The maximum Gasteiger partial charge on any atom is 0.367 e. The number of rotatable bonds is 11. The van der Waals surface area contributed by atoms with Gasteiger partial charge in [0.25, 0.3) is 14.1 Å². The van der Waals surface area contributed by atoms with Gasteiger partial charge in [0.15, 0.2) is 6.10 Å². The third kappa shape index (κ3) is 6.63. The van der Waals surface area contributed by atoms with Crippen LogP contribution in [0.15, 0.2) is 60.7 Å². The van der Waals surface area contributed by atoms with Gasteiger partial charge in [-0.2, -0.15) is 0 Å². The smallest absolute Gasteiger partial charge is 0.367 e. The van der Waals surface area contributed by atoms with E-state index in [1.807, 2.05) is 36.4 Å². The van der Waals surface area contributed by atoms with E-state index in [9.17, 15) is 14.4 Å². The summed E-state index contributed by atoms with van der Waals surface area (Å²) in [6, 6.07) is 20.0. The van der Waals surface area contributed by atoms with E-state index in [0.717, 1.165) is 10.4 Å². The predicted molar refractivity (Wildman–Crippen MR) is 151 cm³/mol. The topological polar surface area (TPSA) is 107 Å². The standard InChI is InChI=1S/C30H40O9Si/c1-8-35-28(33)30(34-7)19-25(37-21(2)31)27(39-30)26(38-22(3)32)20-36-40(29(4,5)6,23-15-11-9-12-16-23)24-17-13-10-14-18-24/h9-18,25-27H,8,19-20H2,1-7H3/t25-,26?,27+,30-/m1/s1. The van der Waals surface area contributed by atoms with Crippen molar-refractivity contribution in [3.05, 3.63) is 60.7 Å². The monoisotopic (exact) mass is 572 g/mol. The molecule has 3 rings (SSSR count). The third-order valence-corrected chi connectivity index (χ3v) is 12.0. The average molecular weight is 573 g/mol. The third-order valence-electron chi connectivity index (χ3n) is 6.96. The van der Waals surface area contributed by atoms with Gasteiger partial charge in [-0.15, -0.1) is 0 Å². The molecule has 1 aliphatic heterocycles. The fourth-order valence-electron chi connectivity index (χ4n) is 5.33. The Morgan fingerprint density at radius 2 is 1.52 bits per heavy atom. The van der Waals surface area contributed by atoms with E-state index in [1.54, 1.807) is 6.92 Å². The van der Waals surface area contributed by atoms with Crippen molar-refractivity contribution in [2.75, 3.05) is 20.3 Å². The molecular formula is C30H40O9Si. The van der Waals surface area contributed by atoms with Crippen LogP contribution in [-0.2, 0) is 42.5 Å². The first-order valence-corrected chi connectivity index (χ1v) is 15.3. The largest absolute Gasteiger partial charge is 0.462 e. The van der Waals surface area contributed by atoms with Gasteiger partial charge in [-0.1, -0.05) is 81.4 Å². The fraction of sp³-hybridized carbons (Fsp3) is 0.500. The van der Waals surface area contributed by atoms with E-state index in [-0.39, 0.29) is 24.7 Å². The molecule has 9 nitrogen and oxygen atoms in total. The Labute approximate surface area is 237 Å². The lowest BCUT2D eigenvalue weighted by Crippen LogP contribution is -2.67. The maximum absolute atomic E-state index is 12.9. The molecule has 1 saturated heterocycles. The second-order valence-corrected chi connectivity index (χ2v) is 15.0. The summed E-state index contributed by atoms with van der Waals surface area (Å²) < 4.78 is 35.1. The van der Waals surface area contributed by atoms with Crippen LogP contribution in [0.5, 0.6) is 0 Å². The minimum atomic E-state index is -3.02. The Hall–Kier alpha value is -3.05. The highest BCUT2D eigenvalue weighted by molar-refractivity contribution is 6.99. The molecular weight excluding hydrogens is 532 g/mol. The van der Waals surface area contributed by atoms with Gasteiger partial charge in [-0.05, 0) is 22.3 Å². The first-order chi connectivity index (χ1) is 18.9. The normalized spacial score (nSPS) is 21.9. The van der Waals surface area contributed by atoms with Crippen LogP contribution in [0.2, 0.25) is 5.04 Å². The van der Waals surface area contributed by atoms with Gasteiger partial charge in [0.1, 0.15) is 12.2 Å². The summed E-state index contributed by atoms with van der Waals surface area (Å²) in [6.07, 6.45) is -3.19. The van der Waals surface area contributed by atoms with E-state index in [0.29, 0.717) is 0 Å². The fourth-order valence-corrected chi connectivity index (χ4v) is 9.90. The molecule has 0 spiro atoms. The molecule has 1 aliphatic rings. The van der Waals surface area contributed by atoms with E-state index >= 15 is 0 Å².